The van der Waals surface area contributed by atoms with Gasteiger partial charge >= 0.3 is 0 Å². The number of nitrogens with zero attached hydrogens (tertiary/aromatic N) is 1. The van der Waals surface area contributed by atoms with Crippen LogP contribution >= 0.6 is 0 Å². The summed E-state index contributed by atoms with van der Waals surface area (Å²) in [5.74, 6) is 0. The highest BCUT2D eigenvalue weighted by molar-refractivity contribution is 5.33. The lowest BCUT2D eigenvalue weighted by Crippen LogP contribution is -2.34. The van der Waals surface area contributed by atoms with Crippen molar-refractivity contribution in [2.24, 2.45) is 10.4 Å². The summed E-state index contributed by atoms with van der Waals surface area (Å²) in [4.78, 5) is 13.8. The quantitative estimate of drug-likeness (QED) is 0.433. The van der Waals surface area contributed by atoms with Crippen LogP contribution in [0.3, 0.4) is 0 Å². The Hall–Kier alpha value is -0.620. The molecule has 12 heavy (non-hydrogen) atoms. The minimum absolute atomic E-state index is 0.300. The molecule has 0 atom stereocenters. The Morgan fingerprint density at radius 2 is 1.83 bits per heavy atom. The van der Waals surface area contributed by atoms with Crippen molar-refractivity contribution in [1.29, 1.82) is 0 Å². The monoisotopic (exact) mass is 165 g/mol. The van der Waals surface area contributed by atoms with Crippen molar-refractivity contribution < 1.29 is 4.79 Å². The summed E-state index contributed by atoms with van der Waals surface area (Å²) in [5, 5.41) is 0. The summed E-state index contributed by atoms with van der Waals surface area (Å²) >= 11 is 0. The van der Waals surface area contributed by atoms with Gasteiger partial charge in [0, 0.05) is 0 Å². The minimum Gasteiger partial charge on any atom is -0.211 e. The molecule has 0 aromatic carbocycles. The van der Waals surface area contributed by atoms with Crippen LogP contribution in [0, 0.1) is 5.41 Å². The summed E-state index contributed by atoms with van der Waals surface area (Å²) in [6.07, 6.45) is 10.8. The van der Waals surface area contributed by atoms with Gasteiger partial charge in [-0.1, -0.05) is 6.42 Å². The van der Waals surface area contributed by atoms with Crippen molar-refractivity contribution in [2.75, 3.05) is 0 Å². The highest BCUT2D eigenvalue weighted by Crippen LogP contribution is 2.51. The Morgan fingerprint density at radius 1 is 1.17 bits per heavy atom. The van der Waals surface area contributed by atoms with Crippen molar-refractivity contribution in [2.45, 2.75) is 51.0 Å². The Balaban J connectivity index is 1.88. The fraction of sp³-hybridized carbons (Fsp3) is 0.900. The van der Waals surface area contributed by atoms with E-state index in [-0.39, 0.29) is 0 Å². The SMILES string of the molecule is O=C=NC1CCC2(CCC2)CC1. The third kappa shape index (κ3) is 1.32. The van der Waals surface area contributed by atoms with Crippen molar-refractivity contribution >= 4 is 6.08 Å². The van der Waals surface area contributed by atoms with Crippen LogP contribution in [0.25, 0.3) is 0 Å². The maximum absolute atomic E-state index is 10.0. The maximum atomic E-state index is 10.0. The Bertz CT molecular complexity index is 204. The molecule has 0 aromatic rings. The predicted molar refractivity (Wildman–Crippen MR) is 46.7 cm³/mol. The molecule has 0 unspecified atom stereocenters. The lowest BCUT2D eigenvalue weighted by atomic mass is 9.60. The average Bonchev–Trinajstić information content (AvgIpc) is 2.04. The first-order chi connectivity index (χ1) is 5.85. The van der Waals surface area contributed by atoms with Crippen LogP contribution in [-0.4, -0.2) is 12.1 Å². The molecular weight excluding hydrogens is 150 g/mol. The number of isocyanates is 1. The minimum atomic E-state index is 0.300. The molecule has 0 aromatic heterocycles. The number of rotatable bonds is 1. The zero-order valence-electron chi connectivity index (χ0n) is 7.38. The van der Waals surface area contributed by atoms with Gasteiger partial charge in [0.05, 0.1) is 6.04 Å². The van der Waals surface area contributed by atoms with Gasteiger partial charge in [-0.25, -0.2) is 9.79 Å². The van der Waals surface area contributed by atoms with Gasteiger partial charge in [0.15, 0.2) is 0 Å². The normalized spacial score (nSPS) is 27.7. The zero-order chi connectivity index (χ0) is 8.44. The Labute approximate surface area is 73.1 Å². The predicted octanol–water partition coefficient (Wildman–Crippen LogP) is 2.44. The number of aliphatic imine (C=N–C) groups is 1. The third-order valence-electron chi connectivity index (χ3n) is 3.67. The van der Waals surface area contributed by atoms with E-state index in [1.54, 1.807) is 6.08 Å². The lowest BCUT2D eigenvalue weighted by molar-refractivity contribution is 0.0706. The first-order valence-corrected chi connectivity index (χ1v) is 4.92. The number of carbonyl (C=O) groups excluding carboxylic acids is 1. The summed E-state index contributed by atoms with van der Waals surface area (Å²) in [6, 6.07) is 0.300. The van der Waals surface area contributed by atoms with E-state index in [2.05, 4.69) is 4.99 Å². The molecule has 2 rings (SSSR count). The largest absolute Gasteiger partial charge is 0.235 e. The van der Waals surface area contributed by atoms with Gasteiger partial charge in [0.25, 0.3) is 0 Å². The smallest absolute Gasteiger partial charge is 0.211 e. The van der Waals surface area contributed by atoms with E-state index in [1.807, 2.05) is 0 Å². The van der Waals surface area contributed by atoms with E-state index < -0.39 is 0 Å². The molecule has 2 fully saturated rings. The molecule has 2 aliphatic carbocycles. The molecular formula is C10H15NO. The van der Waals surface area contributed by atoms with Crippen molar-refractivity contribution in [1.82, 2.24) is 0 Å². The molecule has 0 saturated heterocycles. The molecule has 66 valence electrons. The molecule has 2 saturated carbocycles. The van der Waals surface area contributed by atoms with E-state index in [9.17, 15) is 4.79 Å². The molecule has 2 heteroatoms. The van der Waals surface area contributed by atoms with Gasteiger partial charge in [-0.3, -0.25) is 0 Å². The summed E-state index contributed by atoms with van der Waals surface area (Å²) in [6.45, 7) is 0. The van der Waals surface area contributed by atoms with Crippen molar-refractivity contribution in [3.63, 3.8) is 0 Å². The van der Waals surface area contributed by atoms with Crippen LogP contribution in [0.2, 0.25) is 0 Å². The van der Waals surface area contributed by atoms with Gasteiger partial charge in [0.1, 0.15) is 0 Å². The molecule has 0 amide bonds. The van der Waals surface area contributed by atoms with E-state index in [0.717, 1.165) is 12.8 Å². The van der Waals surface area contributed by atoms with Crippen LogP contribution < -0.4 is 0 Å². The van der Waals surface area contributed by atoms with Gasteiger partial charge in [0.2, 0.25) is 6.08 Å². The van der Waals surface area contributed by atoms with Crippen LogP contribution in [0.4, 0.5) is 0 Å². The molecule has 0 aliphatic heterocycles. The maximum Gasteiger partial charge on any atom is 0.235 e. The standard InChI is InChI=1S/C10H15NO/c12-8-11-9-2-6-10(7-3-9)4-1-5-10/h9H,1-7H2. The van der Waals surface area contributed by atoms with E-state index >= 15 is 0 Å². The fourth-order valence-corrected chi connectivity index (χ4v) is 2.60. The molecule has 0 bridgehead atoms. The van der Waals surface area contributed by atoms with Gasteiger partial charge in [-0.2, -0.15) is 0 Å². The number of hydrogen-bond donors (Lipinski definition) is 0. The number of hydrogen-bond acceptors (Lipinski definition) is 2. The highest BCUT2D eigenvalue weighted by atomic mass is 16.1. The molecule has 2 aliphatic rings. The van der Waals surface area contributed by atoms with Crippen LogP contribution in [0.15, 0.2) is 4.99 Å². The molecule has 1 spiro atoms. The van der Waals surface area contributed by atoms with Crippen LogP contribution in [0.1, 0.15) is 44.9 Å². The Kier molecular flexibility index (Phi) is 2.02. The first kappa shape index (κ1) is 8.00. The highest BCUT2D eigenvalue weighted by Gasteiger charge is 2.39. The zero-order valence-corrected chi connectivity index (χ0v) is 7.38. The average molecular weight is 165 g/mol. The van der Waals surface area contributed by atoms with Gasteiger partial charge in [-0.15, -0.1) is 0 Å². The fourth-order valence-electron chi connectivity index (χ4n) is 2.60. The summed E-state index contributed by atoms with van der Waals surface area (Å²) in [7, 11) is 0. The topological polar surface area (TPSA) is 29.4 Å². The van der Waals surface area contributed by atoms with Crippen molar-refractivity contribution in [3.05, 3.63) is 0 Å². The third-order valence-corrected chi connectivity index (χ3v) is 3.67. The van der Waals surface area contributed by atoms with Gasteiger partial charge < -0.3 is 0 Å². The lowest BCUT2D eigenvalue weighted by Gasteiger charge is -2.46. The van der Waals surface area contributed by atoms with Gasteiger partial charge in [-0.05, 0) is 43.9 Å². The summed E-state index contributed by atoms with van der Waals surface area (Å²) < 4.78 is 0. The second-order valence-electron chi connectivity index (χ2n) is 4.31. The first-order valence-electron chi connectivity index (χ1n) is 4.92. The van der Waals surface area contributed by atoms with E-state index in [4.69, 9.17) is 0 Å². The van der Waals surface area contributed by atoms with Crippen LogP contribution in [-0.2, 0) is 4.79 Å². The molecule has 0 heterocycles. The second-order valence-corrected chi connectivity index (χ2v) is 4.31. The van der Waals surface area contributed by atoms with E-state index in [0.29, 0.717) is 11.5 Å². The molecule has 0 radical (unpaired) electrons. The Morgan fingerprint density at radius 3 is 2.25 bits per heavy atom. The molecule has 0 N–H and O–H groups in total. The van der Waals surface area contributed by atoms with E-state index in [1.165, 1.54) is 32.1 Å². The summed E-state index contributed by atoms with van der Waals surface area (Å²) in [5.41, 5.74) is 0.689. The van der Waals surface area contributed by atoms with Crippen molar-refractivity contribution in [3.8, 4) is 0 Å². The van der Waals surface area contributed by atoms with Crippen LogP contribution in [0.5, 0.6) is 0 Å². The second kappa shape index (κ2) is 3.02. The molecule has 2 nitrogen and oxygen atoms in total.